The van der Waals surface area contributed by atoms with E-state index in [-0.39, 0.29) is 23.5 Å². The van der Waals surface area contributed by atoms with Crippen LogP contribution in [0.2, 0.25) is 0 Å². The van der Waals surface area contributed by atoms with E-state index < -0.39 is 49.2 Å². The van der Waals surface area contributed by atoms with Gasteiger partial charge in [0.15, 0.2) is 11.6 Å². The highest BCUT2D eigenvalue weighted by atomic mass is 32.2. The van der Waals surface area contributed by atoms with Gasteiger partial charge in [0.25, 0.3) is 0 Å². The molecule has 0 saturated heterocycles. The molecular formula is C26H28F5N5O4S. The molecule has 1 aromatic carbocycles. The number of alkyl halides is 3. The first-order valence-corrected chi connectivity index (χ1v) is 13.5. The zero-order chi connectivity index (χ0) is 30.8. The Balaban J connectivity index is 1.94. The maximum absolute atomic E-state index is 15.2. The summed E-state index contributed by atoms with van der Waals surface area (Å²) in [7, 11) is -3.48. The van der Waals surface area contributed by atoms with Crippen LogP contribution in [-0.4, -0.2) is 48.0 Å². The summed E-state index contributed by atoms with van der Waals surface area (Å²) in [4.78, 5) is 24.5. The SMILES string of the molecule is Cc1nc(S(=O)(=O)N(OC(=O)C(F)(F)F)c2cccc(F)n2)c(F)cc1NCc1ccccc1CN(C)C(C)(C)C. The van der Waals surface area contributed by atoms with Crippen LogP contribution in [0.1, 0.15) is 37.6 Å². The quantitative estimate of drug-likeness (QED) is 0.205. The molecule has 0 spiro atoms. The number of benzene rings is 1. The van der Waals surface area contributed by atoms with Crippen LogP contribution in [-0.2, 0) is 32.7 Å². The minimum Gasteiger partial charge on any atom is -0.379 e. The van der Waals surface area contributed by atoms with E-state index in [9.17, 15) is 30.8 Å². The highest BCUT2D eigenvalue weighted by Crippen LogP contribution is 2.29. The average molecular weight is 602 g/mol. The van der Waals surface area contributed by atoms with Crippen LogP contribution >= 0.6 is 0 Å². The topological polar surface area (TPSA) is 105 Å². The lowest BCUT2D eigenvalue weighted by Gasteiger charge is -2.32. The summed E-state index contributed by atoms with van der Waals surface area (Å²) in [5.41, 5.74) is 1.83. The molecule has 0 radical (unpaired) electrons. The number of hydrogen-bond donors (Lipinski definition) is 1. The monoisotopic (exact) mass is 601 g/mol. The Kier molecular flexibility index (Phi) is 9.23. The third-order valence-electron chi connectivity index (χ3n) is 6.02. The molecule has 0 amide bonds. The van der Waals surface area contributed by atoms with Gasteiger partial charge in [-0.3, -0.25) is 4.90 Å². The van der Waals surface area contributed by atoms with Crippen LogP contribution < -0.4 is 9.79 Å². The highest BCUT2D eigenvalue weighted by Gasteiger charge is 2.46. The Bertz CT molecular complexity index is 1530. The second kappa shape index (κ2) is 11.9. The number of anilines is 2. The number of nitrogens with one attached hydrogen (secondary N) is 1. The van der Waals surface area contributed by atoms with Crippen LogP contribution in [0.15, 0.2) is 53.6 Å². The first-order valence-electron chi connectivity index (χ1n) is 12.1. The first kappa shape index (κ1) is 31.7. The number of rotatable bonds is 9. The van der Waals surface area contributed by atoms with E-state index in [0.717, 1.165) is 35.4 Å². The molecule has 0 aliphatic rings. The molecule has 2 heterocycles. The number of pyridine rings is 2. The zero-order valence-electron chi connectivity index (χ0n) is 22.8. The van der Waals surface area contributed by atoms with Gasteiger partial charge in [0, 0.05) is 24.7 Å². The maximum Gasteiger partial charge on any atom is 0.493 e. The number of halogens is 5. The average Bonchev–Trinajstić information content (AvgIpc) is 2.86. The van der Waals surface area contributed by atoms with Gasteiger partial charge in [-0.15, -0.1) is 0 Å². The fraction of sp³-hybridized carbons (Fsp3) is 0.346. The number of nitrogens with zero attached hydrogens (tertiary/aromatic N) is 4. The molecule has 0 unspecified atom stereocenters. The molecule has 0 fully saturated rings. The lowest BCUT2D eigenvalue weighted by atomic mass is 10.0. The highest BCUT2D eigenvalue weighted by molar-refractivity contribution is 7.92. The summed E-state index contributed by atoms with van der Waals surface area (Å²) in [6.07, 6.45) is -5.63. The van der Waals surface area contributed by atoms with E-state index in [1.54, 1.807) is 0 Å². The van der Waals surface area contributed by atoms with Crippen LogP contribution in [0.4, 0.5) is 33.5 Å². The normalized spacial score (nSPS) is 12.4. The molecule has 0 atom stereocenters. The lowest BCUT2D eigenvalue weighted by Crippen LogP contribution is -2.40. The van der Waals surface area contributed by atoms with E-state index in [0.29, 0.717) is 6.54 Å². The van der Waals surface area contributed by atoms with Crippen molar-refractivity contribution in [3.8, 4) is 0 Å². The predicted molar refractivity (Wildman–Crippen MR) is 140 cm³/mol. The van der Waals surface area contributed by atoms with E-state index in [2.05, 4.69) is 45.8 Å². The van der Waals surface area contributed by atoms with Gasteiger partial charge in [0.2, 0.25) is 11.0 Å². The van der Waals surface area contributed by atoms with Crippen molar-refractivity contribution < 1.29 is 40.0 Å². The first-order chi connectivity index (χ1) is 18.9. The van der Waals surface area contributed by atoms with Gasteiger partial charge in [0.05, 0.1) is 11.4 Å². The number of carbonyl (C=O) groups is 1. The minimum absolute atomic E-state index is 0.0384. The van der Waals surface area contributed by atoms with Crippen LogP contribution in [0.3, 0.4) is 0 Å². The minimum atomic E-state index is -5.63. The Morgan fingerprint density at radius 1 is 1.00 bits per heavy atom. The Morgan fingerprint density at radius 3 is 2.22 bits per heavy atom. The molecule has 0 aliphatic heterocycles. The fourth-order valence-electron chi connectivity index (χ4n) is 3.41. The fourth-order valence-corrected chi connectivity index (χ4v) is 4.64. The number of carbonyl (C=O) groups excluding carboxylic acids is 1. The van der Waals surface area contributed by atoms with Crippen molar-refractivity contribution in [2.45, 2.75) is 57.5 Å². The maximum atomic E-state index is 15.2. The van der Waals surface area contributed by atoms with Crippen molar-refractivity contribution in [2.24, 2.45) is 0 Å². The molecular weight excluding hydrogens is 573 g/mol. The smallest absolute Gasteiger partial charge is 0.379 e. The van der Waals surface area contributed by atoms with Crippen molar-refractivity contribution in [2.75, 3.05) is 16.8 Å². The standard InChI is InChI=1S/C26H28F5N5O4S/c1-16-20(32-14-17-9-6-7-10-18(17)15-35(5)25(2,3)4)13-19(27)23(33-16)41(38,39)36(40-24(37)26(29,30)31)22-12-8-11-21(28)34-22/h6-13,32H,14-15H2,1-5H3. The van der Waals surface area contributed by atoms with Crippen LogP contribution in [0, 0.1) is 18.7 Å². The third kappa shape index (κ3) is 7.67. The Hall–Kier alpha value is -3.85. The Labute approximate surface area is 234 Å². The predicted octanol–water partition coefficient (Wildman–Crippen LogP) is 5.12. The van der Waals surface area contributed by atoms with Gasteiger partial charge >= 0.3 is 22.2 Å². The van der Waals surface area contributed by atoms with Gasteiger partial charge in [-0.2, -0.15) is 31.0 Å². The second-order valence-electron chi connectivity index (χ2n) is 9.98. The number of sulfonamides is 1. The van der Waals surface area contributed by atoms with Gasteiger partial charge in [0.1, 0.15) is 0 Å². The molecule has 3 rings (SSSR count). The van der Waals surface area contributed by atoms with E-state index in [1.807, 2.05) is 31.3 Å². The summed E-state index contributed by atoms with van der Waals surface area (Å²) in [5, 5.41) is 1.63. The van der Waals surface area contributed by atoms with Crippen LogP contribution in [0.25, 0.3) is 0 Å². The van der Waals surface area contributed by atoms with E-state index >= 15 is 4.39 Å². The van der Waals surface area contributed by atoms with Crippen molar-refractivity contribution in [1.82, 2.24) is 14.9 Å². The molecule has 2 aromatic heterocycles. The summed E-state index contributed by atoms with van der Waals surface area (Å²) in [5.74, 6) is -6.80. The molecule has 0 aliphatic carbocycles. The molecule has 0 bridgehead atoms. The molecule has 41 heavy (non-hydrogen) atoms. The summed E-state index contributed by atoms with van der Waals surface area (Å²) < 4.78 is 93.3. The van der Waals surface area contributed by atoms with E-state index in [1.165, 1.54) is 6.92 Å². The summed E-state index contributed by atoms with van der Waals surface area (Å²) >= 11 is 0. The number of aryl methyl sites for hydroxylation is 1. The molecule has 0 saturated carbocycles. The molecule has 3 aromatic rings. The lowest BCUT2D eigenvalue weighted by molar-refractivity contribution is -0.199. The molecule has 9 nitrogen and oxygen atoms in total. The van der Waals surface area contributed by atoms with Crippen LogP contribution in [0.5, 0.6) is 0 Å². The largest absolute Gasteiger partial charge is 0.493 e. The van der Waals surface area contributed by atoms with Crippen molar-refractivity contribution >= 4 is 27.5 Å². The van der Waals surface area contributed by atoms with Crippen molar-refractivity contribution in [3.05, 3.63) is 77.1 Å². The van der Waals surface area contributed by atoms with Crippen molar-refractivity contribution in [3.63, 3.8) is 0 Å². The number of hydrogen-bond acceptors (Lipinski definition) is 8. The van der Waals surface area contributed by atoms with E-state index in [4.69, 9.17) is 0 Å². The zero-order valence-corrected chi connectivity index (χ0v) is 23.6. The van der Waals surface area contributed by atoms with Gasteiger partial charge in [-0.1, -0.05) is 34.8 Å². The third-order valence-corrected chi connectivity index (χ3v) is 7.50. The van der Waals surface area contributed by atoms with Gasteiger partial charge in [-0.25, -0.2) is 14.2 Å². The molecule has 1 N–H and O–H groups in total. The van der Waals surface area contributed by atoms with Crippen molar-refractivity contribution in [1.29, 1.82) is 0 Å². The summed E-state index contributed by atoms with van der Waals surface area (Å²) in [6, 6.07) is 10.7. The van der Waals surface area contributed by atoms with Gasteiger partial charge < -0.3 is 10.2 Å². The second-order valence-corrected chi connectivity index (χ2v) is 11.7. The Morgan fingerprint density at radius 2 is 1.63 bits per heavy atom. The number of aromatic nitrogens is 2. The molecule has 15 heteroatoms. The summed E-state index contributed by atoms with van der Waals surface area (Å²) in [6.45, 7) is 8.37. The molecule has 222 valence electrons. The van der Waals surface area contributed by atoms with Gasteiger partial charge in [-0.05, 0) is 58.0 Å².